The Hall–Kier alpha value is -0.830. The zero-order valence-corrected chi connectivity index (χ0v) is 7.42. The SMILES string of the molecule is C=CC[C@@]1(C(=O)O)CCCN1C. The summed E-state index contributed by atoms with van der Waals surface area (Å²) >= 11 is 0. The van der Waals surface area contributed by atoms with Crippen LogP contribution < -0.4 is 0 Å². The highest BCUT2D eigenvalue weighted by atomic mass is 16.4. The third-order valence-electron chi connectivity index (χ3n) is 2.69. The molecule has 3 heteroatoms. The van der Waals surface area contributed by atoms with E-state index in [-0.39, 0.29) is 0 Å². The van der Waals surface area contributed by atoms with Gasteiger partial charge in [0.2, 0.25) is 0 Å². The maximum absolute atomic E-state index is 11.0. The van der Waals surface area contributed by atoms with E-state index in [1.165, 1.54) is 0 Å². The highest BCUT2D eigenvalue weighted by Gasteiger charge is 2.44. The summed E-state index contributed by atoms with van der Waals surface area (Å²) in [6.07, 6.45) is 3.94. The van der Waals surface area contributed by atoms with Crippen LogP contribution >= 0.6 is 0 Å². The normalized spacial score (nSPS) is 30.4. The van der Waals surface area contributed by atoms with Gasteiger partial charge in [0, 0.05) is 0 Å². The van der Waals surface area contributed by atoms with Crippen LogP contribution in [0.1, 0.15) is 19.3 Å². The lowest BCUT2D eigenvalue weighted by atomic mass is 9.92. The van der Waals surface area contributed by atoms with E-state index in [0.29, 0.717) is 6.42 Å². The Morgan fingerprint density at radius 3 is 2.83 bits per heavy atom. The van der Waals surface area contributed by atoms with Crippen LogP contribution in [-0.4, -0.2) is 35.1 Å². The monoisotopic (exact) mass is 169 g/mol. The minimum atomic E-state index is -0.720. The van der Waals surface area contributed by atoms with E-state index < -0.39 is 11.5 Å². The summed E-state index contributed by atoms with van der Waals surface area (Å²) in [6, 6.07) is 0. The van der Waals surface area contributed by atoms with Crippen molar-refractivity contribution in [2.75, 3.05) is 13.6 Å². The fraction of sp³-hybridized carbons (Fsp3) is 0.667. The molecule has 0 unspecified atom stereocenters. The van der Waals surface area contributed by atoms with Crippen LogP contribution in [-0.2, 0) is 4.79 Å². The molecule has 1 fully saturated rings. The minimum absolute atomic E-state index is 0.541. The summed E-state index contributed by atoms with van der Waals surface area (Å²) in [5.74, 6) is -0.720. The molecule has 0 aromatic carbocycles. The van der Waals surface area contributed by atoms with Crippen molar-refractivity contribution in [1.29, 1.82) is 0 Å². The first-order valence-corrected chi connectivity index (χ1v) is 4.19. The van der Waals surface area contributed by atoms with Gasteiger partial charge in [-0.3, -0.25) is 9.69 Å². The number of hydrogen-bond donors (Lipinski definition) is 1. The Morgan fingerprint density at radius 1 is 1.83 bits per heavy atom. The largest absolute Gasteiger partial charge is 0.480 e. The summed E-state index contributed by atoms with van der Waals surface area (Å²) in [7, 11) is 1.87. The van der Waals surface area contributed by atoms with Crippen LogP contribution in [0.4, 0.5) is 0 Å². The molecule has 0 amide bonds. The summed E-state index contributed by atoms with van der Waals surface area (Å²) in [6.45, 7) is 4.47. The molecule has 3 nitrogen and oxygen atoms in total. The lowest BCUT2D eigenvalue weighted by Crippen LogP contribution is -2.48. The topological polar surface area (TPSA) is 40.5 Å². The van der Waals surface area contributed by atoms with Gasteiger partial charge in [0.15, 0.2) is 0 Å². The van der Waals surface area contributed by atoms with Crippen molar-refractivity contribution >= 4 is 5.97 Å². The van der Waals surface area contributed by atoms with Crippen molar-refractivity contribution in [3.63, 3.8) is 0 Å². The summed E-state index contributed by atoms with van der Waals surface area (Å²) in [5, 5.41) is 9.08. The van der Waals surface area contributed by atoms with Crippen LogP contribution in [0.3, 0.4) is 0 Å². The molecule has 1 saturated heterocycles. The van der Waals surface area contributed by atoms with E-state index in [4.69, 9.17) is 5.11 Å². The number of nitrogens with zero attached hydrogens (tertiary/aromatic N) is 1. The third-order valence-corrected chi connectivity index (χ3v) is 2.69. The van der Waals surface area contributed by atoms with Gasteiger partial charge in [-0.05, 0) is 32.9 Å². The van der Waals surface area contributed by atoms with Gasteiger partial charge in [0.05, 0.1) is 0 Å². The van der Waals surface area contributed by atoms with Gasteiger partial charge in [0.25, 0.3) is 0 Å². The zero-order chi connectivity index (χ0) is 9.19. The van der Waals surface area contributed by atoms with Gasteiger partial charge in [-0.1, -0.05) is 6.08 Å². The molecule has 1 atom stereocenters. The molecule has 0 aromatic heterocycles. The first-order chi connectivity index (χ1) is 5.63. The van der Waals surface area contributed by atoms with E-state index in [9.17, 15) is 4.79 Å². The van der Waals surface area contributed by atoms with E-state index >= 15 is 0 Å². The fourth-order valence-corrected chi connectivity index (χ4v) is 1.87. The van der Waals surface area contributed by atoms with Crippen LogP contribution in [0.15, 0.2) is 12.7 Å². The molecule has 0 aromatic rings. The van der Waals surface area contributed by atoms with Gasteiger partial charge < -0.3 is 5.11 Å². The van der Waals surface area contributed by atoms with Crippen molar-refractivity contribution < 1.29 is 9.90 Å². The number of hydrogen-bond acceptors (Lipinski definition) is 2. The summed E-state index contributed by atoms with van der Waals surface area (Å²) in [5.41, 5.74) is -0.665. The highest BCUT2D eigenvalue weighted by Crippen LogP contribution is 2.31. The molecule has 0 saturated carbocycles. The lowest BCUT2D eigenvalue weighted by molar-refractivity contribution is -0.148. The number of carboxylic acids is 1. The second kappa shape index (κ2) is 3.27. The number of aliphatic carboxylic acids is 1. The zero-order valence-electron chi connectivity index (χ0n) is 7.42. The van der Waals surface area contributed by atoms with Crippen molar-refractivity contribution in [3.05, 3.63) is 12.7 Å². The van der Waals surface area contributed by atoms with Gasteiger partial charge in [-0.2, -0.15) is 0 Å². The molecule has 0 spiro atoms. The van der Waals surface area contributed by atoms with Gasteiger partial charge in [0.1, 0.15) is 5.54 Å². The summed E-state index contributed by atoms with van der Waals surface area (Å²) in [4.78, 5) is 12.9. The maximum atomic E-state index is 11.0. The standard InChI is InChI=1S/C9H15NO2/c1-3-5-9(8(11)12)6-4-7-10(9)2/h3H,1,4-7H2,2H3,(H,11,12)/t9-/m0/s1. The van der Waals surface area contributed by atoms with E-state index in [0.717, 1.165) is 19.4 Å². The smallest absolute Gasteiger partial charge is 0.324 e. The molecule has 68 valence electrons. The quantitative estimate of drug-likeness (QED) is 0.643. The van der Waals surface area contributed by atoms with Gasteiger partial charge >= 0.3 is 5.97 Å². The van der Waals surface area contributed by atoms with E-state index in [1.807, 2.05) is 11.9 Å². The number of rotatable bonds is 3. The average Bonchev–Trinajstić information content (AvgIpc) is 2.34. The molecule has 0 radical (unpaired) electrons. The molecule has 1 aliphatic heterocycles. The Bertz CT molecular complexity index is 203. The average molecular weight is 169 g/mol. The maximum Gasteiger partial charge on any atom is 0.324 e. The highest BCUT2D eigenvalue weighted by molar-refractivity contribution is 5.79. The summed E-state index contributed by atoms with van der Waals surface area (Å²) < 4.78 is 0. The number of carbonyl (C=O) groups is 1. The first kappa shape index (κ1) is 9.26. The lowest BCUT2D eigenvalue weighted by Gasteiger charge is -2.30. The molecule has 1 heterocycles. The predicted molar refractivity (Wildman–Crippen MR) is 47.0 cm³/mol. The Kier molecular flexibility index (Phi) is 2.52. The molecule has 12 heavy (non-hydrogen) atoms. The Balaban J connectivity index is 2.84. The van der Waals surface area contributed by atoms with Crippen molar-refractivity contribution in [3.8, 4) is 0 Å². The van der Waals surface area contributed by atoms with Crippen molar-refractivity contribution in [2.24, 2.45) is 0 Å². The molecule has 0 aliphatic carbocycles. The van der Waals surface area contributed by atoms with Crippen molar-refractivity contribution in [2.45, 2.75) is 24.8 Å². The van der Waals surface area contributed by atoms with Crippen LogP contribution in [0.5, 0.6) is 0 Å². The Labute approximate surface area is 72.7 Å². The number of likely N-dealkylation sites (tertiary alicyclic amines) is 1. The molecule has 0 bridgehead atoms. The Morgan fingerprint density at radius 2 is 2.50 bits per heavy atom. The van der Waals surface area contributed by atoms with Gasteiger partial charge in [-0.25, -0.2) is 0 Å². The van der Waals surface area contributed by atoms with E-state index in [2.05, 4.69) is 6.58 Å². The van der Waals surface area contributed by atoms with Crippen LogP contribution in [0, 0.1) is 0 Å². The second-order valence-corrected chi connectivity index (χ2v) is 3.35. The minimum Gasteiger partial charge on any atom is -0.480 e. The molecule has 1 aliphatic rings. The van der Waals surface area contributed by atoms with Gasteiger partial charge in [-0.15, -0.1) is 6.58 Å². The first-order valence-electron chi connectivity index (χ1n) is 4.19. The van der Waals surface area contributed by atoms with Crippen LogP contribution in [0.2, 0.25) is 0 Å². The molecular formula is C9H15NO2. The second-order valence-electron chi connectivity index (χ2n) is 3.35. The molecule has 1 rings (SSSR count). The number of likely N-dealkylation sites (N-methyl/N-ethyl adjacent to an activating group) is 1. The fourth-order valence-electron chi connectivity index (χ4n) is 1.87. The molecule has 1 N–H and O–H groups in total. The third kappa shape index (κ3) is 1.25. The van der Waals surface area contributed by atoms with E-state index in [1.54, 1.807) is 6.08 Å². The molecular weight excluding hydrogens is 154 g/mol. The predicted octanol–water partition coefficient (Wildman–Crippen LogP) is 1.11. The van der Waals surface area contributed by atoms with Crippen LogP contribution in [0.25, 0.3) is 0 Å². The van der Waals surface area contributed by atoms with Crippen molar-refractivity contribution in [1.82, 2.24) is 4.90 Å². The number of carboxylic acid groups (broad SMARTS) is 1.